The summed E-state index contributed by atoms with van der Waals surface area (Å²) in [4.78, 5) is 60.3. The molecule has 1 aliphatic heterocycles. The molecule has 7 rings (SSSR count). The maximum absolute atomic E-state index is 14.2. The van der Waals surface area contributed by atoms with E-state index in [1.54, 1.807) is 23.5 Å². The SMILES string of the molecule is CCCCCCc1cc(-c2sc(-c3sc(-c4ccc5c(c4)CCc4ccccc4N5CCCCCC)cc3CCCCCC)cc2CCCCCC)sc1/C=c1\c(=O)n(CC(=O)O)/c(=C(/C#N)C(=O)O)n1CC(=O)O. The molecule has 4 aromatic heterocycles. The summed E-state index contributed by atoms with van der Waals surface area (Å²) in [6, 6.07) is 24.7. The van der Waals surface area contributed by atoms with Gasteiger partial charge in [-0.15, -0.1) is 34.0 Å². The Morgan fingerprint density at radius 1 is 0.600 bits per heavy atom. The van der Waals surface area contributed by atoms with Gasteiger partial charge >= 0.3 is 17.9 Å². The van der Waals surface area contributed by atoms with E-state index in [1.165, 1.54) is 104 Å². The van der Waals surface area contributed by atoms with Crippen molar-refractivity contribution in [1.82, 2.24) is 9.13 Å². The van der Waals surface area contributed by atoms with Crippen molar-refractivity contribution in [2.45, 2.75) is 176 Å². The number of aromatic nitrogens is 2. The molecule has 0 amide bonds. The van der Waals surface area contributed by atoms with Crippen LogP contribution in [0.3, 0.4) is 0 Å². The molecule has 0 aliphatic carbocycles. The average molecular weight is 1070 g/mol. The number of carbonyl (C=O) groups is 3. The predicted octanol–water partition coefficient (Wildman–Crippen LogP) is 13.8. The number of carboxylic acids is 3. The standard InChI is InChI=1S/C61H74N4O7S3/c1-5-9-13-17-24-43-34-53(73-52(43)37-50-60(70)65(40-56(68)69)59(47(38-62)61(71)72)64(50)39-55(66)67)57-46(26-19-15-11-7-3)36-54(75-57)58-45(25-18-14-10-6-2)35-51(74-58)44-30-31-49-42(33-44)29-28-41-23-20-21-27-48(41)63(49)32-22-16-12-8-4/h20-21,23,27,30-31,33-37H,5-19,22,24-26,28-29,32,39-40H2,1-4H3,(H,66,67)(H,68,69)(H,71,72)/b50-37+,59-47-. The number of thiophene rings is 3. The highest BCUT2D eigenvalue weighted by Gasteiger charge is 2.26. The van der Waals surface area contributed by atoms with Crippen LogP contribution in [-0.4, -0.2) is 48.9 Å². The number of nitriles is 1. The van der Waals surface area contributed by atoms with Crippen molar-refractivity contribution < 1.29 is 29.7 Å². The van der Waals surface area contributed by atoms with E-state index in [9.17, 15) is 39.8 Å². The van der Waals surface area contributed by atoms with Crippen LogP contribution in [0.25, 0.3) is 41.6 Å². The quantitative estimate of drug-likeness (QED) is 0.0388. The molecule has 0 atom stereocenters. The number of anilines is 2. The van der Waals surface area contributed by atoms with Crippen molar-refractivity contribution >= 4 is 74.9 Å². The van der Waals surface area contributed by atoms with Crippen molar-refractivity contribution in [3.05, 3.63) is 115 Å². The molecular formula is C61H74N4O7S3. The van der Waals surface area contributed by atoms with Gasteiger partial charge in [0.05, 0.1) is 0 Å². The summed E-state index contributed by atoms with van der Waals surface area (Å²) < 4.78 is 1.65. The number of unbranched alkanes of at least 4 members (excludes halogenated alkanes) is 12. The fourth-order valence-corrected chi connectivity index (χ4v) is 14.3. The molecule has 0 unspecified atom stereocenters. The summed E-state index contributed by atoms with van der Waals surface area (Å²) in [7, 11) is 0. The third-order valence-corrected chi connectivity index (χ3v) is 18.2. The number of para-hydroxylation sites is 1. The van der Waals surface area contributed by atoms with Crippen LogP contribution in [0.15, 0.2) is 65.5 Å². The number of fused-ring (bicyclic) bond motifs is 2. The second kappa shape index (κ2) is 27.7. The van der Waals surface area contributed by atoms with Crippen LogP contribution in [0.5, 0.6) is 0 Å². The lowest BCUT2D eigenvalue weighted by Crippen LogP contribution is -2.37. The number of aryl methyl sites for hydroxylation is 5. The number of carboxylic acid groups (broad SMARTS) is 3. The highest BCUT2D eigenvalue weighted by Crippen LogP contribution is 2.48. The number of imidazole rings is 1. The zero-order chi connectivity index (χ0) is 53.4. The van der Waals surface area contributed by atoms with E-state index in [0.29, 0.717) is 15.9 Å². The minimum absolute atomic E-state index is 0.196. The highest BCUT2D eigenvalue weighted by molar-refractivity contribution is 7.27. The molecule has 0 saturated carbocycles. The topological polar surface area (TPSA) is 166 Å². The van der Waals surface area contributed by atoms with E-state index in [0.717, 1.165) is 116 Å². The Bertz CT molecular complexity index is 3180. The van der Waals surface area contributed by atoms with Crippen molar-refractivity contribution in [2.75, 3.05) is 11.4 Å². The van der Waals surface area contributed by atoms with E-state index in [4.69, 9.17) is 0 Å². The third-order valence-electron chi connectivity index (χ3n) is 14.3. The smallest absolute Gasteiger partial charge is 0.350 e. The zero-order valence-electron chi connectivity index (χ0n) is 44.3. The predicted molar refractivity (Wildman–Crippen MR) is 308 cm³/mol. The van der Waals surface area contributed by atoms with Crippen molar-refractivity contribution in [3.8, 4) is 36.0 Å². The minimum Gasteiger partial charge on any atom is -0.480 e. The lowest BCUT2D eigenvalue weighted by molar-refractivity contribution is -0.138. The van der Waals surface area contributed by atoms with Crippen LogP contribution in [0.1, 0.15) is 163 Å². The Hall–Kier alpha value is -6.01. The molecule has 14 heteroatoms. The first kappa shape index (κ1) is 56.7. The molecule has 5 heterocycles. The molecule has 0 bridgehead atoms. The van der Waals surface area contributed by atoms with Gasteiger partial charge < -0.3 is 24.8 Å². The number of benzene rings is 2. The maximum atomic E-state index is 14.2. The van der Waals surface area contributed by atoms with Gasteiger partial charge in [0.1, 0.15) is 30.0 Å². The fourth-order valence-electron chi connectivity index (χ4n) is 10.4. The average Bonchev–Trinajstić information content (AvgIpc) is 4.16. The summed E-state index contributed by atoms with van der Waals surface area (Å²) in [6.45, 7) is 8.07. The van der Waals surface area contributed by atoms with E-state index < -0.39 is 47.6 Å². The van der Waals surface area contributed by atoms with E-state index >= 15 is 0 Å². The van der Waals surface area contributed by atoms with Crippen LogP contribution in [-0.2, 0) is 59.6 Å². The van der Waals surface area contributed by atoms with Gasteiger partial charge in [0.25, 0.3) is 5.56 Å². The number of aliphatic carboxylic acids is 3. The zero-order valence-corrected chi connectivity index (χ0v) is 46.8. The van der Waals surface area contributed by atoms with Crippen LogP contribution in [0, 0.1) is 11.3 Å². The molecule has 0 spiro atoms. The number of nitrogens with zero attached hydrogens (tertiary/aromatic N) is 4. The summed E-state index contributed by atoms with van der Waals surface area (Å²) in [5.74, 6) is -4.53. The highest BCUT2D eigenvalue weighted by atomic mass is 32.1. The maximum Gasteiger partial charge on any atom is 0.350 e. The number of hydrogen-bond donors (Lipinski definition) is 3. The van der Waals surface area contributed by atoms with Crippen LogP contribution in [0.2, 0.25) is 0 Å². The first-order valence-corrected chi connectivity index (χ1v) is 29.9. The Balaban J connectivity index is 1.37. The normalized spacial score (nSPS) is 12.9. The number of hydrogen-bond acceptors (Lipinski definition) is 9. The summed E-state index contributed by atoms with van der Waals surface area (Å²) in [5, 5.41) is 39.7. The lowest BCUT2D eigenvalue weighted by atomic mass is 10.0. The van der Waals surface area contributed by atoms with Crippen molar-refractivity contribution in [2.24, 2.45) is 0 Å². The Morgan fingerprint density at radius 2 is 1.12 bits per heavy atom. The molecule has 0 saturated heterocycles. The van der Waals surface area contributed by atoms with Gasteiger partial charge in [-0.1, -0.05) is 129 Å². The molecule has 6 aromatic rings. The lowest BCUT2D eigenvalue weighted by Gasteiger charge is -2.27. The van der Waals surface area contributed by atoms with Gasteiger partial charge in [0.2, 0.25) is 0 Å². The van der Waals surface area contributed by atoms with Gasteiger partial charge in [-0.3, -0.25) is 19.0 Å². The fraction of sp³-hybridized carbons (Fsp3) is 0.459. The molecular weight excluding hydrogens is 997 g/mol. The third kappa shape index (κ3) is 14.1. The molecule has 75 heavy (non-hydrogen) atoms. The van der Waals surface area contributed by atoms with Crippen LogP contribution >= 0.6 is 34.0 Å². The van der Waals surface area contributed by atoms with Crippen molar-refractivity contribution in [1.29, 1.82) is 5.26 Å². The van der Waals surface area contributed by atoms with Gasteiger partial charge in [0.15, 0.2) is 5.57 Å². The second-order valence-corrected chi connectivity index (χ2v) is 23.1. The van der Waals surface area contributed by atoms with Gasteiger partial charge in [0, 0.05) is 47.2 Å². The van der Waals surface area contributed by atoms with Crippen LogP contribution < -0.4 is 21.3 Å². The van der Waals surface area contributed by atoms with E-state index in [1.807, 2.05) is 11.3 Å². The largest absolute Gasteiger partial charge is 0.480 e. The number of rotatable bonds is 29. The Labute approximate surface area is 454 Å². The molecule has 0 radical (unpaired) electrons. The monoisotopic (exact) mass is 1070 g/mol. The Kier molecular flexibility index (Phi) is 20.9. The molecule has 398 valence electrons. The first-order valence-electron chi connectivity index (χ1n) is 27.4. The Morgan fingerprint density at radius 3 is 1.72 bits per heavy atom. The molecule has 11 nitrogen and oxygen atoms in total. The van der Waals surface area contributed by atoms with E-state index in [2.05, 4.69) is 93.3 Å². The molecule has 0 fully saturated rings. The van der Waals surface area contributed by atoms with Gasteiger partial charge in [-0.2, -0.15) is 5.26 Å². The molecule has 1 aliphatic rings. The van der Waals surface area contributed by atoms with Crippen LogP contribution in [0.4, 0.5) is 11.4 Å². The molecule has 2 aromatic carbocycles. The van der Waals surface area contributed by atoms with Gasteiger partial charge in [-0.25, -0.2) is 4.79 Å². The minimum atomic E-state index is -1.70. The summed E-state index contributed by atoms with van der Waals surface area (Å²) in [5.41, 5.74) is 7.92. The first-order chi connectivity index (χ1) is 36.4. The second-order valence-electron chi connectivity index (χ2n) is 20.0. The summed E-state index contributed by atoms with van der Waals surface area (Å²) >= 11 is 5.20. The van der Waals surface area contributed by atoms with Gasteiger partial charge in [-0.05, 0) is 134 Å². The molecule has 3 N–H and O–H groups in total. The van der Waals surface area contributed by atoms with Crippen molar-refractivity contribution in [3.63, 3.8) is 0 Å². The van der Waals surface area contributed by atoms with E-state index in [-0.39, 0.29) is 5.35 Å². The summed E-state index contributed by atoms with van der Waals surface area (Å²) in [6.07, 6.45) is 24.0.